The molecule has 0 aliphatic heterocycles. The van der Waals surface area contributed by atoms with Crippen LogP contribution in [-0.2, 0) is 11.3 Å². The highest BCUT2D eigenvalue weighted by Crippen LogP contribution is 2.35. The normalized spacial score (nSPS) is 19.4. The lowest BCUT2D eigenvalue weighted by Crippen LogP contribution is -2.20. The number of aromatic nitrogens is 2. The van der Waals surface area contributed by atoms with Gasteiger partial charge in [0, 0.05) is 6.61 Å². The van der Waals surface area contributed by atoms with Gasteiger partial charge in [0.25, 0.3) is 0 Å². The monoisotopic (exact) mass is 239 g/mol. The van der Waals surface area contributed by atoms with Gasteiger partial charge in [-0.3, -0.25) is 0 Å². The van der Waals surface area contributed by atoms with Gasteiger partial charge < -0.3 is 15.0 Å². The van der Waals surface area contributed by atoms with Crippen molar-refractivity contribution in [3.05, 3.63) is 11.7 Å². The quantitative estimate of drug-likeness (QED) is 0.852. The second-order valence-electron chi connectivity index (χ2n) is 4.52. The largest absolute Gasteiger partial charge is 0.370 e. The van der Waals surface area contributed by atoms with Gasteiger partial charge in [-0.1, -0.05) is 24.4 Å². The Morgan fingerprint density at radius 3 is 2.76 bits per heavy atom. The van der Waals surface area contributed by atoms with E-state index >= 15 is 0 Å². The first-order valence-corrected chi connectivity index (χ1v) is 6.49. The van der Waals surface area contributed by atoms with Crippen molar-refractivity contribution in [3.8, 4) is 0 Å². The lowest BCUT2D eigenvalue weighted by molar-refractivity contribution is -0.00145. The molecule has 5 heteroatoms. The predicted molar refractivity (Wildman–Crippen MR) is 63.1 cm³/mol. The molecular weight excluding hydrogens is 218 g/mol. The summed E-state index contributed by atoms with van der Waals surface area (Å²) in [4.78, 5) is 4.30. The Balaban J connectivity index is 2.09. The number of hydrogen-bond donors (Lipinski definition) is 1. The average molecular weight is 239 g/mol. The molecule has 2 N–H and O–H groups in total. The fraction of sp³-hybridized carbons (Fsp3) is 0.833. The van der Waals surface area contributed by atoms with E-state index in [9.17, 15) is 0 Å². The third-order valence-corrected chi connectivity index (χ3v) is 3.34. The summed E-state index contributed by atoms with van der Waals surface area (Å²) in [6, 6.07) is 0. The first-order valence-electron chi connectivity index (χ1n) is 6.49. The summed E-state index contributed by atoms with van der Waals surface area (Å²) in [6.45, 7) is 2.96. The molecule has 2 rings (SSSR count). The first kappa shape index (κ1) is 12.5. The minimum absolute atomic E-state index is 0.0238. The molecule has 1 atom stereocenters. The number of rotatable bonds is 5. The van der Waals surface area contributed by atoms with E-state index in [0.29, 0.717) is 24.2 Å². The molecule has 1 fully saturated rings. The van der Waals surface area contributed by atoms with Crippen molar-refractivity contribution in [1.29, 1.82) is 0 Å². The van der Waals surface area contributed by atoms with Crippen LogP contribution in [-0.4, -0.2) is 16.7 Å². The topological polar surface area (TPSA) is 74.2 Å². The Hall–Kier alpha value is -0.940. The van der Waals surface area contributed by atoms with Crippen LogP contribution in [0.25, 0.3) is 0 Å². The van der Waals surface area contributed by atoms with Gasteiger partial charge in [-0.05, 0) is 25.7 Å². The molecule has 1 aromatic heterocycles. The van der Waals surface area contributed by atoms with E-state index in [0.717, 1.165) is 0 Å². The van der Waals surface area contributed by atoms with E-state index in [-0.39, 0.29) is 12.6 Å². The third kappa shape index (κ3) is 3.04. The molecular formula is C12H21N3O2. The van der Waals surface area contributed by atoms with Crippen molar-refractivity contribution in [2.24, 2.45) is 11.7 Å². The van der Waals surface area contributed by atoms with Crippen LogP contribution in [0.1, 0.15) is 56.8 Å². The summed E-state index contributed by atoms with van der Waals surface area (Å²) in [7, 11) is 0. The smallest absolute Gasteiger partial charge is 0.240 e. The van der Waals surface area contributed by atoms with Gasteiger partial charge in [-0.25, -0.2) is 0 Å². The highest BCUT2D eigenvalue weighted by Gasteiger charge is 2.29. The Morgan fingerprint density at radius 2 is 2.18 bits per heavy atom. The van der Waals surface area contributed by atoms with E-state index in [4.69, 9.17) is 15.0 Å². The molecule has 1 aromatic rings. The Bertz CT molecular complexity index is 334. The lowest BCUT2D eigenvalue weighted by atomic mass is 9.85. The highest BCUT2D eigenvalue weighted by molar-refractivity contribution is 4.94. The zero-order valence-corrected chi connectivity index (χ0v) is 10.4. The van der Waals surface area contributed by atoms with Crippen molar-refractivity contribution in [2.45, 2.75) is 51.7 Å². The van der Waals surface area contributed by atoms with Crippen LogP contribution in [0, 0.1) is 5.92 Å². The molecule has 1 aliphatic rings. The van der Waals surface area contributed by atoms with Gasteiger partial charge in [-0.2, -0.15) is 4.98 Å². The maximum absolute atomic E-state index is 5.80. The second-order valence-corrected chi connectivity index (χ2v) is 4.52. The molecule has 1 heterocycles. The predicted octanol–water partition coefficient (Wildman–Crippen LogP) is 2.19. The fourth-order valence-corrected chi connectivity index (χ4v) is 2.50. The molecule has 5 nitrogen and oxygen atoms in total. The zero-order valence-electron chi connectivity index (χ0n) is 10.4. The van der Waals surface area contributed by atoms with Gasteiger partial charge >= 0.3 is 0 Å². The molecule has 1 aliphatic carbocycles. The molecule has 0 saturated heterocycles. The molecule has 0 aromatic carbocycles. The Labute approximate surface area is 102 Å². The summed E-state index contributed by atoms with van der Waals surface area (Å²) < 4.78 is 10.9. The molecule has 0 amide bonds. The van der Waals surface area contributed by atoms with Gasteiger partial charge in [0.15, 0.2) is 0 Å². The summed E-state index contributed by atoms with van der Waals surface area (Å²) >= 11 is 0. The van der Waals surface area contributed by atoms with Gasteiger partial charge in [0.05, 0.1) is 6.54 Å². The summed E-state index contributed by atoms with van der Waals surface area (Å²) in [5.74, 6) is 1.67. The first-order chi connectivity index (χ1) is 8.35. The summed E-state index contributed by atoms with van der Waals surface area (Å²) in [5, 5.41) is 3.99. The fourth-order valence-electron chi connectivity index (χ4n) is 2.50. The summed E-state index contributed by atoms with van der Waals surface area (Å²) in [6.07, 6.45) is 6.24. The van der Waals surface area contributed by atoms with Crippen LogP contribution < -0.4 is 5.73 Å². The standard InChI is InChI=1S/C12H21N3O2/c1-2-16-11(9-6-4-3-5-7-9)12-14-10(8-13)17-15-12/h9,11H,2-8,13H2,1H3. The lowest BCUT2D eigenvalue weighted by Gasteiger charge is -2.27. The minimum atomic E-state index is -0.0238. The molecule has 1 unspecified atom stereocenters. The number of nitrogens with zero attached hydrogens (tertiary/aromatic N) is 2. The van der Waals surface area contributed by atoms with Crippen LogP contribution >= 0.6 is 0 Å². The summed E-state index contributed by atoms with van der Waals surface area (Å²) in [5.41, 5.74) is 5.48. The van der Waals surface area contributed by atoms with Crippen LogP contribution in [0.15, 0.2) is 4.52 Å². The van der Waals surface area contributed by atoms with Crippen LogP contribution in [0.2, 0.25) is 0 Å². The van der Waals surface area contributed by atoms with Crippen LogP contribution in [0.3, 0.4) is 0 Å². The van der Waals surface area contributed by atoms with E-state index in [2.05, 4.69) is 10.1 Å². The van der Waals surface area contributed by atoms with Crippen LogP contribution in [0.4, 0.5) is 0 Å². The Morgan fingerprint density at radius 1 is 1.41 bits per heavy atom. The maximum atomic E-state index is 5.80. The molecule has 0 spiro atoms. The van der Waals surface area contributed by atoms with Crippen molar-refractivity contribution < 1.29 is 9.26 Å². The van der Waals surface area contributed by atoms with Gasteiger partial charge in [0.1, 0.15) is 6.10 Å². The van der Waals surface area contributed by atoms with E-state index in [1.165, 1.54) is 32.1 Å². The second kappa shape index (κ2) is 6.12. The van der Waals surface area contributed by atoms with Gasteiger partial charge in [0.2, 0.25) is 11.7 Å². The maximum Gasteiger partial charge on any atom is 0.240 e. The van der Waals surface area contributed by atoms with Crippen molar-refractivity contribution in [3.63, 3.8) is 0 Å². The highest BCUT2D eigenvalue weighted by atomic mass is 16.5. The molecule has 96 valence electrons. The van der Waals surface area contributed by atoms with E-state index < -0.39 is 0 Å². The number of hydrogen-bond acceptors (Lipinski definition) is 5. The van der Waals surface area contributed by atoms with Crippen molar-refractivity contribution in [1.82, 2.24) is 10.1 Å². The minimum Gasteiger partial charge on any atom is -0.370 e. The van der Waals surface area contributed by atoms with Crippen molar-refractivity contribution >= 4 is 0 Å². The zero-order chi connectivity index (χ0) is 12.1. The molecule has 0 bridgehead atoms. The number of ether oxygens (including phenoxy) is 1. The SMILES string of the molecule is CCOC(c1noc(CN)n1)C1CCCCC1. The van der Waals surface area contributed by atoms with Gasteiger partial charge in [-0.15, -0.1) is 0 Å². The van der Waals surface area contributed by atoms with Crippen LogP contribution in [0.5, 0.6) is 0 Å². The number of nitrogens with two attached hydrogens (primary N) is 1. The average Bonchev–Trinajstić information content (AvgIpc) is 2.85. The molecule has 1 saturated carbocycles. The van der Waals surface area contributed by atoms with E-state index in [1.807, 2.05) is 6.92 Å². The Kier molecular flexibility index (Phi) is 4.50. The van der Waals surface area contributed by atoms with E-state index in [1.54, 1.807) is 0 Å². The third-order valence-electron chi connectivity index (χ3n) is 3.34. The molecule has 0 radical (unpaired) electrons. The van der Waals surface area contributed by atoms with Crippen molar-refractivity contribution in [2.75, 3.05) is 6.61 Å². The molecule has 17 heavy (non-hydrogen) atoms.